The van der Waals surface area contributed by atoms with Crippen LogP contribution in [0.15, 0.2) is 0 Å². The van der Waals surface area contributed by atoms with Crippen molar-refractivity contribution >= 4 is 5.97 Å². The summed E-state index contributed by atoms with van der Waals surface area (Å²) in [5.41, 5.74) is 0. The molecule has 0 aromatic rings. The first kappa shape index (κ1) is 11.5. The minimum atomic E-state index is -0.110. The summed E-state index contributed by atoms with van der Waals surface area (Å²) in [4.78, 5) is 13.7. The van der Waals surface area contributed by atoms with E-state index in [9.17, 15) is 4.79 Å². The second-order valence-electron chi connectivity index (χ2n) is 3.74. The fourth-order valence-electron chi connectivity index (χ4n) is 1.99. The fourth-order valence-corrected chi connectivity index (χ4v) is 1.99. The van der Waals surface area contributed by atoms with E-state index in [1.54, 1.807) is 0 Å². The molecule has 0 spiro atoms. The van der Waals surface area contributed by atoms with Crippen molar-refractivity contribution in [2.24, 2.45) is 0 Å². The highest BCUT2D eigenvalue weighted by Crippen LogP contribution is 2.12. The molecule has 4 heteroatoms. The van der Waals surface area contributed by atoms with Gasteiger partial charge in [-0.2, -0.15) is 0 Å². The third-order valence-electron chi connectivity index (χ3n) is 2.81. The highest BCUT2D eigenvalue weighted by Gasteiger charge is 2.30. The van der Waals surface area contributed by atoms with E-state index in [2.05, 4.69) is 17.1 Å². The van der Waals surface area contributed by atoms with Crippen LogP contribution < -0.4 is 5.32 Å². The molecule has 1 aliphatic rings. The molecule has 0 aromatic carbocycles. The number of nitrogens with one attached hydrogen (secondary N) is 1. The van der Waals surface area contributed by atoms with Crippen LogP contribution in [0.4, 0.5) is 0 Å². The number of rotatable bonds is 3. The lowest BCUT2D eigenvalue weighted by molar-refractivity contribution is -0.148. The zero-order chi connectivity index (χ0) is 10.6. The Morgan fingerprint density at radius 3 is 2.93 bits per heavy atom. The number of hydrogen-bond acceptors (Lipinski definition) is 4. The molecule has 82 valence electrons. The molecule has 1 fully saturated rings. The average molecular weight is 200 g/mol. The lowest BCUT2D eigenvalue weighted by Gasteiger charge is -2.38. The number of methoxy groups -OCH3 is 1. The maximum atomic E-state index is 11.5. The van der Waals surface area contributed by atoms with Gasteiger partial charge in [-0.05, 0) is 13.3 Å². The summed E-state index contributed by atoms with van der Waals surface area (Å²) in [5, 5.41) is 3.31. The summed E-state index contributed by atoms with van der Waals surface area (Å²) in [7, 11) is 1.46. The van der Waals surface area contributed by atoms with Crippen molar-refractivity contribution in [1.82, 2.24) is 10.2 Å². The average Bonchev–Trinajstić information content (AvgIpc) is 2.21. The van der Waals surface area contributed by atoms with Crippen LogP contribution in [0.3, 0.4) is 0 Å². The Morgan fingerprint density at radius 1 is 1.71 bits per heavy atom. The largest absolute Gasteiger partial charge is 0.468 e. The number of nitrogens with zero attached hydrogens (tertiary/aromatic N) is 1. The standard InChI is InChI=1S/C10H20N2O2/c1-4-9(10(13)14-3)12-6-5-11-7-8(12)2/h8-9,11H,4-7H2,1-3H3/t8-,9?/m1/s1. The monoisotopic (exact) mass is 200 g/mol. The highest BCUT2D eigenvalue weighted by molar-refractivity contribution is 5.75. The van der Waals surface area contributed by atoms with Crippen molar-refractivity contribution in [1.29, 1.82) is 0 Å². The summed E-state index contributed by atoms with van der Waals surface area (Å²) in [6.45, 7) is 6.99. The van der Waals surface area contributed by atoms with E-state index in [0.717, 1.165) is 26.1 Å². The van der Waals surface area contributed by atoms with Gasteiger partial charge in [0, 0.05) is 25.7 Å². The maximum absolute atomic E-state index is 11.5. The molecule has 1 heterocycles. The molecule has 0 amide bonds. The Morgan fingerprint density at radius 2 is 2.43 bits per heavy atom. The van der Waals surface area contributed by atoms with Crippen molar-refractivity contribution in [2.75, 3.05) is 26.7 Å². The van der Waals surface area contributed by atoms with Gasteiger partial charge in [-0.3, -0.25) is 9.69 Å². The van der Waals surface area contributed by atoms with Crippen LogP contribution in [-0.2, 0) is 9.53 Å². The number of esters is 1. The van der Waals surface area contributed by atoms with Gasteiger partial charge in [0.1, 0.15) is 6.04 Å². The van der Waals surface area contributed by atoms with Gasteiger partial charge in [0.05, 0.1) is 7.11 Å². The molecule has 1 unspecified atom stereocenters. The predicted molar refractivity (Wildman–Crippen MR) is 55.1 cm³/mol. The zero-order valence-electron chi connectivity index (χ0n) is 9.25. The number of carbonyl (C=O) groups is 1. The highest BCUT2D eigenvalue weighted by atomic mass is 16.5. The van der Waals surface area contributed by atoms with E-state index < -0.39 is 0 Å². The molecule has 2 atom stereocenters. The van der Waals surface area contributed by atoms with Crippen molar-refractivity contribution in [3.05, 3.63) is 0 Å². The van der Waals surface area contributed by atoms with Crippen LogP contribution in [0, 0.1) is 0 Å². The Balaban J connectivity index is 2.61. The summed E-state index contributed by atoms with van der Waals surface area (Å²) in [6.07, 6.45) is 0.816. The summed E-state index contributed by atoms with van der Waals surface area (Å²) in [6, 6.07) is 0.338. The fraction of sp³-hybridized carbons (Fsp3) is 0.900. The summed E-state index contributed by atoms with van der Waals surface area (Å²) >= 11 is 0. The van der Waals surface area contributed by atoms with Gasteiger partial charge in [0.15, 0.2) is 0 Å². The van der Waals surface area contributed by atoms with Gasteiger partial charge in [-0.1, -0.05) is 6.92 Å². The normalized spacial score (nSPS) is 25.8. The lowest BCUT2D eigenvalue weighted by atomic mass is 10.1. The molecule has 0 bridgehead atoms. The molecule has 0 aromatic heterocycles. The molecular formula is C10H20N2O2. The van der Waals surface area contributed by atoms with Crippen LogP contribution in [0.5, 0.6) is 0 Å². The van der Waals surface area contributed by atoms with Gasteiger partial charge >= 0.3 is 5.97 Å². The molecular weight excluding hydrogens is 180 g/mol. The third-order valence-corrected chi connectivity index (χ3v) is 2.81. The molecule has 0 saturated carbocycles. The first-order valence-corrected chi connectivity index (χ1v) is 5.25. The topological polar surface area (TPSA) is 41.6 Å². The van der Waals surface area contributed by atoms with Crippen LogP contribution in [-0.4, -0.2) is 49.7 Å². The Bertz CT molecular complexity index is 197. The molecule has 1 N–H and O–H groups in total. The Kier molecular flexibility index (Phi) is 4.35. The zero-order valence-corrected chi connectivity index (χ0v) is 9.25. The van der Waals surface area contributed by atoms with E-state index in [-0.39, 0.29) is 12.0 Å². The van der Waals surface area contributed by atoms with Crippen LogP contribution >= 0.6 is 0 Å². The first-order valence-electron chi connectivity index (χ1n) is 5.25. The Hall–Kier alpha value is -0.610. The first-order chi connectivity index (χ1) is 6.70. The van der Waals surface area contributed by atoms with E-state index in [0.29, 0.717) is 6.04 Å². The van der Waals surface area contributed by atoms with Crippen molar-refractivity contribution < 1.29 is 9.53 Å². The number of ether oxygens (including phenoxy) is 1. The van der Waals surface area contributed by atoms with Gasteiger partial charge < -0.3 is 10.1 Å². The van der Waals surface area contributed by atoms with E-state index in [1.807, 2.05) is 6.92 Å². The Labute approximate surface area is 85.6 Å². The van der Waals surface area contributed by atoms with Crippen LogP contribution in [0.2, 0.25) is 0 Å². The van der Waals surface area contributed by atoms with Crippen molar-refractivity contribution in [3.63, 3.8) is 0 Å². The summed E-state index contributed by atoms with van der Waals surface area (Å²) in [5.74, 6) is -0.110. The maximum Gasteiger partial charge on any atom is 0.323 e. The molecule has 0 aliphatic carbocycles. The molecule has 1 rings (SSSR count). The molecule has 0 radical (unpaired) electrons. The lowest BCUT2D eigenvalue weighted by Crippen LogP contribution is -2.56. The van der Waals surface area contributed by atoms with E-state index in [1.165, 1.54) is 7.11 Å². The minimum absolute atomic E-state index is 0.0721. The number of piperazine rings is 1. The number of hydrogen-bond donors (Lipinski definition) is 1. The summed E-state index contributed by atoms with van der Waals surface area (Å²) < 4.78 is 4.80. The number of carbonyl (C=O) groups excluding carboxylic acids is 1. The van der Waals surface area contributed by atoms with Gasteiger partial charge in [0.2, 0.25) is 0 Å². The van der Waals surface area contributed by atoms with Gasteiger partial charge in [-0.25, -0.2) is 0 Å². The smallest absolute Gasteiger partial charge is 0.323 e. The minimum Gasteiger partial charge on any atom is -0.468 e. The molecule has 14 heavy (non-hydrogen) atoms. The molecule has 1 aliphatic heterocycles. The van der Waals surface area contributed by atoms with Crippen molar-refractivity contribution in [2.45, 2.75) is 32.4 Å². The van der Waals surface area contributed by atoms with Crippen LogP contribution in [0.25, 0.3) is 0 Å². The predicted octanol–water partition coefficient (Wildman–Crippen LogP) is 0.232. The van der Waals surface area contributed by atoms with E-state index >= 15 is 0 Å². The third kappa shape index (κ3) is 2.45. The molecule has 4 nitrogen and oxygen atoms in total. The van der Waals surface area contributed by atoms with Gasteiger partial charge in [-0.15, -0.1) is 0 Å². The second kappa shape index (κ2) is 5.32. The van der Waals surface area contributed by atoms with Crippen LogP contribution in [0.1, 0.15) is 20.3 Å². The van der Waals surface area contributed by atoms with Crippen molar-refractivity contribution in [3.8, 4) is 0 Å². The second-order valence-corrected chi connectivity index (χ2v) is 3.74. The molecule has 1 saturated heterocycles. The SMILES string of the molecule is CCC(C(=O)OC)N1CCNC[C@H]1C. The quantitative estimate of drug-likeness (QED) is 0.662. The van der Waals surface area contributed by atoms with E-state index in [4.69, 9.17) is 4.74 Å². The van der Waals surface area contributed by atoms with Gasteiger partial charge in [0.25, 0.3) is 0 Å².